The van der Waals surface area contributed by atoms with Crippen molar-refractivity contribution in [2.45, 2.75) is 20.8 Å². The Hall–Kier alpha value is 0.760. The monoisotopic (exact) mass is 276 g/mol. The van der Waals surface area contributed by atoms with Gasteiger partial charge in [0, 0.05) is 0 Å². The second-order valence-corrected chi connectivity index (χ2v) is 17.7. The third-order valence-electron chi connectivity index (χ3n) is 1.40. The van der Waals surface area contributed by atoms with E-state index in [1.165, 1.54) is 0 Å². The summed E-state index contributed by atoms with van der Waals surface area (Å²) in [7, 11) is 0. The van der Waals surface area contributed by atoms with Crippen LogP contribution < -0.4 is 18.2 Å². The van der Waals surface area contributed by atoms with Crippen molar-refractivity contribution in [3.8, 4) is 0 Å². The van der Waals surface area contributed by atoms with Crippen LogP contribution >= 0.6 is 6.22 Å². The van der Waals surface area contributed by atoms with E-state index in [1.807, 2.05) is 0 Å². The number of hydrogen-bond acceptors (Lipinski definition) is 2. The summed E-state index contributed by atoms with van der Waals surface area (Å²) >= 11 is -2.03. The fourth-order valence-electron chi connectivity index (χ4n) is 0.749. The number of rotatable bonds is 5. The molecule has 0 saturated heterocycles. The standard InChI is InChI=1S/C6H16INOP/c1-4-7(5-2,8-9)10-6-3/h10H,4-6H2,1-3H3/q-1. The maximum absolute atomic E-state index is 10.5. The molecule has 2 nitrogen and oxygen atoms in total. The van der Waals surface area contributed by atoms with Gasteiger partial charge >= 0.3 is 68.5 Å². The Morgan fingerprint density at radius 3 is 1.90 bits per heavy atom. The van der Waals surface area contributed by atoms with Crippen molar-refractivity contribution >= 4 is 6.22 Å². The van der Waals surface area contributed by atoms with E-state index in [9.17, 15) is 4.91 Å². The van der Waals surface area contributed by atoms with E-state index < -0.39 is 18.2 Å². The molecule has 0 aromatic heterocycles. The van der Waals surface area contributed by atoms with E-state index in [0.29, 0.717) is 0 Å². The van der Waals surface area contributed by atoms with Crippen LogP contribution in [0.2, 0.25) is 0 Å². The quantitative estimate of drug-likeness (QED) is 0.287. The molecular formula is C6H16INOP-. The van der Waals surface area contributed by atoms with Gasteiger partial charge in [-0.25, -0.2) is 0 Å². The molecule has 0 aromatic carbocycles. The van der Waals surface area contributed by atoms with Crippen LogP contribution in [0.4, 0.5) is 0 Å². The van der Waals surface area contributed by atoms with Gasteiger partial charge in [0.1, 0.15) is 0 Å². The Morgan fingerprint density at radius 1 is 1.30 bits per heavy atom. The minimum atomic E-state index is -2.03. The van der Waals surface area contributed by atoms with Gasteiger partial charge in [0.05, 0.1) is 0 Å². The van der Waals surface area contributed by atoms with Gasteiger partial charge in [-0.2, -0.15) is 0 Å². The van der Waals surface area contributed by atoms with Gasteiger partial charge in [0.15, 0.2) is 0 Å². The van der Waals surface area contributed by atoms with E-state index in [4.69, 9.17) is 0 Å². The van der Waals surface area contributed by atoms with Crippen LogP contribution in [-0.4, -0.2) is 15.0 Å². The molecule has 0 aliphatic rings. The Balaban J connectivity index is 4.00. The molecule has 10 heavy (non-hydrogen) atoms. The van der Waals surface area contributed by atoms with Crippen LogP contribution in [0, 0.1) is 4.91 Å². The van der Waals surface area contributed by atoms with Crippen LogP contribution in [-0.2, 0) is 0 Å². The Morgan fingerprint density at radius 2 is 1.80 bits per heavy atom. The Bertz CT molecular complexity index is 106. The van der Waals surface area contributed by atoms with Gasteiger partial charge in [-0.1, -0.05) is 0 Å². The molecule has 0 aromatic rings. The molecule has 0 rings (SSSR count). The van der Waals surface area contributed by atoms with Crippen molar-refractivity contribution in [1.82, 2.24) is 0 Å². The number of nitroso groups, excluding NO2 is 1. The summed E-state index contributed by atoms with van der Waals surface area (Å²) in [5, 5.41) is 0. The molecule has 4 heteroatoms. The first-order chi connectivity index (χ1) is 4.74. The van der Waals surface area contributed by atoms with E-state index in [0.717, 1.165) is 21.2 Å². The van der Waals surface area contributed by atoms with Crippen LogP contribution in [0.1, 0.15) is 20.8 Å². The summed E-state index contributed by atoms with van der Waals surface area (Å²) < 4.78 is 5.52. The zero-order chi connectivity index (χ0) is 8.04. The van der Waals surface area contributed by atoms with Crippen molar-refractivity contribution in [2.24, 2.45) is 3.39 Å². The van der Waals surface area contributed by atoms with E-state index in [2.05, 4.69) is 24.2 Å². The SMILES string of the molecule is CCP[I-](CC)(CC)N=O. The normalized spacial score (nSPS) is 14.3. The zero-order valence-electron chi connectivity index (χ0n) is 6.85. The summed E-state index contributed by atoms with van der Waals surface area (Å²) in [6.07, 6.45) is 2.03. The summed E-state index contributed by atoms with van der Waals surface area (Å²) in [5.41, 5.74) is 0. The van der Waals surface area contributed by atoms with Gasteiger partial charge in [0.25, 0.3) is 0 Å². The number of nitrogens with zero attached hydrogens (tertiary/aromatic N) is 1. The van der Waals surface area contributed by atoms with Crippen molar-refractivity contribution in [1.29, 1.82) is 0 Å². The summed E-state index contributed by atoms with van der Waals surface area (Å²) in [6.45, 7) is 6.38. The minimum absolute atomic E-state index is 0.877. The summed E-state index contributed by atoms with van der Waals surface area (Å²) in [4.78, 5) is 10.5. The predicted octanol–water partition coefficient (Wildman–Crippen LogP) is -0.519. The number of alkyl halides is 2. The average Bonchev–Trinajstić information content (AvgIpc) is 2.01. The number of hydrogen-bond donors (Lipinski definition) is 0. The number of halogens is 1. The Labute approximate surface area is 68.5 Å². The second kappa shape index (κ2) is 5.42. The van der Waals surface area contributed by atoms with Crippen LogP contribution in [0.3, 0.4) is 0 Å². The van der Waals surface area contributed by atoms with Gasteiger partial charge in [0.2, 0.25) is 0 Å². The molecule has 0 N–H and O–H groups in total. The molecule has 64 valence electrons. The van der Waals surface area contributed by atoms with Gasteiger partial charge in [-0.3, -0.25) is 0 Å². The molecule has 0 amide bonds. The third kappa shape index (κ3) is 2.79. The first kappa shape index (κ1) is 10.8. The predicted molar refractivity (Wildman–Crippen MR) is 45.7 cm³/mol. The first-order valence-electron chi connectivity index (χ1n) is 3.55. The molecule has 0 aliphatic heterocycles. The average molecular weight is 276 g/mol. The van der Waals surface area contributed by atoms with E-state index in [-0.39, 0.29) is 0 Å². The fourth-order valence-corrected chi connectivity index (χ4v) is 11.2. The van der Waals surface area contributed by atoms with Gasteiger partial charge in [-0.15, -0.1) is 0 Å². The van der Waals surface area contributed by atoms with Crippen molar-refractivity contribution in [3.63, 3.8) is 0 Å². The topological polar surface area (TPSA) is 29.4 Å². The van der Waals surface area contributed by atoms with Crippen LogP contribution in [0.5, 0.6) is 0 Å². The molecule has 1 atom stereocenters. The van der Waals surface area contributed by atoms with Gasteiger partial charge in [-0.05, 0) is 0 Å². The third-order valence-corrected chi connectivity index (χ3v) is 18.6. The van der Waals surface area contributed by atoms with Crippen LogP contribution in [0.25, 0.3) is 0 Å². The van der Waals surface area contributed by atoms with E-state index in [1.54, 1.807) is 0 Å². The molecule has 0 radical (unpaired) electrons. The van der Waals surface area contributed by atoms with E-state index >= 15 is 0 Å². The molecule has 0 aliphatic carbocycles. The van der Waals surface area contributed by atoms with Crippen molar-refractivity contribution in [2.75, 3.05) is 15.0 Å². The Kier molecular flexibility index (Phi) is 5.83. The van der Waals surface area contributed by atoms with Crippen LogP contribution in [0.15, 0.2) is 3.39 Å². The molecule has 1 unspecified atom stereocenters. The maximum atomic E-state index is 10.5. The fraction of sp³-hybridized carbons (Fsp3) is 1.00. The second-order valence-electron chi connectivity index (χ2n) is 1.87. The van der Waals surface area contributed by atoms with Crippen molar-refractivity contribution < 1.29 is 18.2 Å². The molecule has 0 spiro atoms. The molecular weight excluding hydrogens is 260 g/mol. The molecule has 0 saturated carbocycles. The van der Waals surface area contributed by atoms with Gasteiger partial charge < -0.3 is 0 Å². The first-order valence-corrected chi connectivity index (χ1v) is 11.9. The molecule has 0 bridgehead atoms. The zero-order valence-corrected chi connectivity index (χ0v) is 10.0. The summed E-state index contributed by atoms with van der Waals surface area (Å²) in [6, 6.07) is 0. The summed E-state index contributed by atoms with van der Waals surface area (Å²) in [5.74, 6) is 0. The molecule has 0 fully saturated rings. The molecule has 0 heterocycles. The van der Waals surface area contributed by atoms with Crippen molar-refractivity contribution in [3.05, 3.63) is 4.91 Å².